The number of halogens is 3. The predicted octanol–water partition coefficient (Wildman–Crippen LogP) is 2.80. The molecule has 0 fully saturated rings. The van der Waals surface area contributed by atoms with Crippen LogP contribution in [0.3, 0.4) is 0 Å². The van der Waals surface area contributed by atoms with Gasteiger partial charge in [0.25, 0.3) is 5.91 Å². The van der Waals surface area contributed by atoms with Crippen LogP contribution >= 0.6 is 0 Å². The van der Waals surface area contributed by atoms with E-state index in [0.717, 1.165) is 0 Å². The molecule has 1 aliphatic rings. The van der Waals surface area contributed by atoms with Gasteiger partial charge in [-0.05, 0) is 26.0 Å². The number of rotatable bonds is 5. The molecule has 1 aliphatic heterocycles. The van der Waals surface area contributed by atoms with E-state index in [1.165, 1.54) is 24.1 Å². The third kappa shape index (κ3) is 4.44. The van der Waals surface area contributed by atoms with Crippen molar-refractivity contribution < 1.29 is 27.5 Å². The molecule has 154 valence electrons. The molecule has 0 saturated carbocycles. The van der Waals surface area contributed by atoms with Gasteiger partial charge in [-0.25, -0.2) is 4.98 Å². The van der Waals surface area contributed by atoms with E-state index in [9.17, 15) is 22.8 Å². The quantitative estimate of drug-likeness (QED) is 0.816. The summed E-state index contributed by atoms with van der Waals surface area (Å²) in [5, 5.41) is 10.3. The van der Waals surface area contributed by atoms with Gasteiger partial charge in [0.05, 0.1) is 18.3 Å². The van der Waals surface area contributed by atoms with Gasteiger partial charge in [0.2, 0.25) is 11.8 Å². The number of nitrogens with zero attached hydrogens (tertiary/aromatic N) is 4. The van der Waals surface area contributed by atoms with Crippen LogP contribution < -0.4 is 10.1 Å². The fraction of sp³-hybridized carbons (Fsp3) is 0.389. The Morgan fingerprint density at radius 2 is 2.10 bits per heavy atom. The van der Waals surface area contributed by atoms with E-state index >= 15 is 0 Å². The monoisotopic (exact) mass is 409 g/mol. The van der Waals surface area contributed by atoms with Crippen LogP contribution in [0.4, 0.5) is 19.0 Å². The highest BCUT2D eigenvalue weighted by atomic mass is 19.4. The normalized spacial score (nSPS) is 14.6. The molecule has 0 saturated heterocycles. The number of hydrogen-bond donors (Lipinski definition) is 1. The van der Waals surface area contributed by atoms with Crippen molar-refractivity contribution in [2.45, 2.75) is 39.5 Å². The summed E-state index contributed by atoms with van der Waals surface area (Å²) in [5.41, 5.74) is 1.78. The molecule has 0 bridgehead atoms. The lowest BCUT2D eigenvalue weighted by Gasteiger charge is -2.24. The molecule has 3 rings (SSSR count). The second-order valence-corrected chi connectivity index (χ2v) is 6.64. The van der Waals surface area contributed by atoms with E-state index in [1.807, 2.05) is 0 Å². The number of ether oxygens (including phenoxy) is 1. The number of aromatic nitrogens is 3. The SMILES string of the molecule is CC(=O)Nc1nccc2c1CN(C(C)c1cc(C)c(OCC(F)(F)F)nn1)C2=O. The van der Waals surface area contributed by atoms with Crippen molar-refractivity contribution in [1.82, 2.24) is 20.1 Å². The first-order chi connectivity index (χ1) is 13.6. The topological polar surface area (TPSA) is 97.3 Å². The lowest BCUT2D eigenvalue weighted by Crippen LogP contribution is -2.28. The maximum absolute atomic E-state index is 12.8. The average molecular weight is 409 g/mol. The van der Waals surface area contributed by atoms with Crippen molar-refractivity contribution in [3.05, 3.63) is 40.7 Å². The van der Waals surface area contributed by atoms with Gasteiger partial charge < -0.3 is 15.0 Å². The summed E-state index contributed by atoms with van der Waals surface area (Å²) in [6, 6.07) is 2.59. The lowest BCUT2D eigenvalue weighted by atomic mass is 10.1. The second-order valence-electron chi connectivity index (χ2n) is 6.64. The Hall–Kier alpha value is -3.24. The maximum Gasteiger partial charge on any atom is 0.422 e. The first-order valence-corrected chi connectivity index (χ1v) is 8.67. The van der Waals surface area contributed by atoms with Crippen LogP contribution in [0.25, 0.3) is 0 Å². The molecule has 8 nitrogen and oxygen atoms in total. The zero-order valence-electron chi connectivity index (χ0n) is 15.9. The zero-order valence-corrected chi connectivity index (χ0v) is 15.9. The van der Waals surface area contributed by atoms with Gasteiger partial charge in [-0.1, -0.05) is 0 Å². The van der Waals surface area contributed by atoms with E-state index in [2.05, 4.69) is 25.2 Å². The number of anilines is 1. The van der Waals surface area contributed by atoms with Crippen molar-refractivity contribution >= 4 is 17.6 Å². The van der Waals surface area contributed by atoms with Crippen LogP contribution in [0.5, 0.6) is 5.88 Å². The Morgan fingerprint density at radius 3 is 2.72 bits per heavy atom. The van der Waals surface area contributed by atoms with Crippen LogP contribution in [0.15, 0.2) is 18.3 Å². The minimum Gasteiger partial charge on any atom is -0.467 e. The number of nitrogens with one attached hydrogen (secondary N) is 1. The van der Waals surface area contributed by atoms with Gasteiger partial charge in [-0.2, -0.15) is 13.2 Å². The summed E-state index contributed by atoms with van der Waals surface area (Å²) in [6.45, 7) is 3.37. The van der Waals surface area contributed by atoms with Gasteiger partial charge in [0.1, 0.15) is 5.82 Å². The molecule has 2 aromatic rings. The molecule has 1 atom stereocenters. The van der Waals surface area contributed by atoms with E-state index in [4.69, 9.17) is 0 Å². The molecule has 11 heteroatoms. The van der Waals surface area contributed by atoms with Crippen LogP contribution in [0.1, 0.15) is 47.1 Å². The van der Waals surface area contributed by atoms with Crippen LogP contribution in [0, 0.1) is 6.92 Å². The highest BCUT2D eigenvalue weighted by molar-refractivity contribution is 6.01. The molecule has 3 heterocycles. The molecule has 1 N–H and O–H groups in total. The Balaban J connectivity index is 1.80. The number of pyridine rings is 1. The van der Waals surface area contributed by atoms with Gasteiger partial charge in [0.15, 0.2) is 6.61 Å². The van der Waals surface area contributed by atoms with Gasteiger partial charge in [0, 0.05) is 29.8 Å². The van der Waals surface area contributed by atoms with Crippen molar-refractivity contribution in [3.63, 3.8) is 0 Å². The number of amides is 2. The third-order valence-electron chi connectivity index (χ3n) is 4.40. The van der Waals surface area contributed by atoms with Crippen molar-refractivity contribution in [2.24, 2.45) is 0 Å². The first kappa shape index (κ1) is 20.5. The minimum absolute atomic E-state index is 0.200. The molecule has 29 heavy (non-hydrogen) atoms. The molecule has 1 unspecified atom stereocenters. The van der Waals surface area contributed by atoms with Gasteiger partial charge in [-0.15, -0.1) is 10.2 Å². The van der Waals surface area contributed by atoms with E-state index in [0.29, 0.717) is 28.2 Å². The smallest absolute Gasteiger partial charge is 0.422 e. The summed E-state index contributed by atoms with van der Waals surface area (Å²) in [5.74, 6) is -0.471. The van der Waals surface area contributed by atoms with Crippen molar-refractivity contribution in [1.29, 1.82) is 0 Å². The standard InChI is InChI=1S/C18H18F3N5O3/c1-9-6-14(24-25-16(9)29-8-18(19,20)21)10(2)26-7-13-12(17(26)28)4-5-22-15(13)23-11(3)27/h4-6,10H,7-8H2,1-3H3,(H,22,23,27). The summed E-state index contributed by atoms with van der Waals surface area (Å²) in [4.78, 5) is 29.8. The van der Waals surface area contributed by atoms with E-state index in [-0.39, 0.29) is 24.2 Å². The summed E-state index contributed by atoms with van der Waals surface area (Å²) in [7, 11) is 0. The lowest BCUT2D eigenvalue weighted by molar-refractivity contribution is -0.154. The van der Waals surface area contributed by atoms with Crippen LogP contribution in [-0.4, -0.2) is 44.7 Å². The number of aryl methyl sites for hydroxylation is 1. The second kappa shape index (κ2) is 7.64. The predicted molar refractivity (Wildman–Crippen MR) is 95.1 cm³/mol. The number of hydrogen-bond acceptors (Lipinski definition) is 6. The summed E-state index contributed by atoms with van der Waals surface area (Å²) in [6.07, 6.45) is -3.04. The Bertz CT molecular complexity index is 964. The molecule has 0 aliphatic carbocycles. The van der Waals surface area contributed by atoms with Crippen molar-refractivity contribution in [2.75, 3.05) is 11.9 Å². The molecular weight excluding hydrogens is 391 g/mol. The number of carbonyl (C=O) groups excluding carboxylic acids is 2. The summed E-state index contributed by atoms with van der Waals surface area (Å²) >= 11 is 0. The highest BCUT2D eigenvalue weighted by Gasteiger charge is 2.35. The molecule has 0 aromatic carbocycles. The Labute approximate surface area is 164 Å². The highest BCUT2D eigenvalue weighted by Crippen LogP contribution is 2.34. The average Bonchev–Trinajstić information content (AvgIpc) is 2.97. The van der Waals surface area contributed by atoms with Gasteiger partial charge in [-0.3, -0.25) is 9.59 Å². The molecular formula is C18H18F3N5O3. The fourth-order valence-electron chi connectivity index (χ4n) is 2.99. The summed E-state index contributed by atoms with van der Waals surface area (Å²) < 4.78 is 41.6. The molecule has 0 spiro atoms. The number of fused-ring (bicyclic) bond motifs is 1. The maximum atomic E-state index is 12.8. The first-order valence-electron chi connectivity index (χ1n) is 8.67. The van der Waals surface area contributed by atoms with Crippen LogP contribution in [0.2, 0.25) is 0 Å². The largest absolute Gasteiger partial charge is 0.467 e. The fourth-order valence-corrected chi connectivity index (χ4v) is 2.99. The van der Waals surface area contributed by atoms with Crippen molar-refractivity contribution in [3.8, 4) is 5.88 Å². The molecule has 2 aromatic heterocycles. The zero-order chi connectivity index (χ0) is 21.3. The third-order valence-corrected chi connectivity index (χ3v) is 4.40. The Kier molecular flexibility index (Phi) is 5.40. The number of carbonyl (C=O) groups is 2. The van der Waals surface area contributed by atoms with Crippen LogP contribution in [-0.2, 0) is 11.3 Å². The molecule has 2 amide bonds. The van der Waals surface area contributed by atoms with Gasteiger partial charge >= 0.3 is 6.18 Å². The number of alkyl halides is 3. The van der Waals surface area contributed by atoms with E-state index < -0.39 is 18.8 Å². The Morgan fingerprint density at radius 1 is 1.38 bits per heavy atom. The minimum atomic E-state index is -4.48. The molecule has 0 radical (unpaired) electrons. The van der Waals surface area contributed by atoms with E-state index in [1.54, 1.807) is 19.9 Å².